The maximum Gasteiger partial charge on any atom is 0.247 e. The van der Waals surface area contributed by atoms with Crippen molar-refractivity contribution in [3.8, 4) is 0 Å². The van der Waals surface area contributed by atoms with Gasteiger partial charge in [-0.15, -0.1) is 0 Å². The van der Waals surface area contributed by atoms with Crippen molar-refractivity contribution in [2.75, 3.05) is 26.7 Å². The molecule has 3 aliphatic rings. The molecule has 0 aromatic heterocycles. The van der Waals surface area contributed by atoms with Gasteiger partial charge in [0, 0.05) is 25.6 Å². The molecule has 1 spiro atoms. The topological polar surface area (TPSA) is 77.0 Å². The number of nitrogens with one attached hydrogen (secondary N) is 2. The van der Waals surface area contributed by atoms with Crippen molar-refractivity contribution in [3.63, 3.8) is 0 Å². The van der Waals surface area contributed by atoms with Crippen LogP contribution in [-0.2, 0) is 16.0 Å². The second-order valence-electron chi connectivity index (χ2n) is 9.95. The van der Waals surface area contributed by atoms with Crippen LogP contribution in [0.4, 0.5) is 0 Å². The number of rotatable bonds is 8. The maximum absolute atomic E-state index is 13.8. The Morgan fingerprint density at radius 3 is 2.59 bits per heavy atom. The molecule has 3 heterocycles. The van der Waals surface area contributed by atoms with Crippen LogP contribution in [0.3, 0.4) is 0 Å². The Bertz CT molecular complexity index is 886. The summed E-state index contributed by atoms with van der Waals surface area (Å²) in [7, 11) is 1.75. The van der Waals surface area contributed by atoms with Crippen molar-refractivity contribution in [1.29, 1.82) is 0 Å². The van der Waals surface area contributed by atoms with Crippen LogP contribution in [0.25, 0.3) is 0 Å². The molecule has 0 bridgehead atoms. The van der Waals surface area contributed by atoms with Gasteiger partial charge in [-0.3, -0.25) is 9.59 Å². The van der Waals surface area contributed by atoms with E-state index in [-0.39, 0.29) is 23.8 Å². The second-order valence-corrected chi connectivity index (χ2v) is 9.95. The lowest BCUT2D eigenvalue weighted by atomic mass is 9.84. The Morgan fingerprint density at radius 2 is 1.94 bits per heavy atom. The van der Waals surface area contributed by atoms with Gasteiger partial charge in [0.15, 0.2) is 11.5 Å². The number of hydrogen-bond donors (Lipinski definition) is 2. The average Bonchev–Trinajstić information content (AvgIpc) is 3.48. The van der Waals surface area contributed by atoms with Crippen LogP contribution < -0.4 is 10.6 Å². The van der Waals surface area contributed by atoms with Crippen LogP contribution in [0.2, 0.25) is 0 Å². The second kappa shape index (κ2) is 8.85. The zero-order valence-corrected chi connectivity index (χ0v) is 20.0. The third kappa shape index (κ3) is 3.91. The molecule has 1 aromatic rings. The van der Waals surface area contributed by atoms with E-state index in [1.165, 1.54) is 5.56 Å². The summed E-state index contributed by atoms with van der Waals surface area (Å²) >= 11 is 0. The number of amidine groups is 1. The molecule has 5 atom stereocenters. The highest BCUT2D eigenvalue weighted by Crippen LogP contribution is 2.54. The van der Waals surface area contributed by atoms with E-state index in [0.29, 0.717) is 18.4 Å². The molecule has 1 aromatic carbocycles. The molecule has 7 heteroatoms. The fraction of sp³-hybridized carbons (Fsp3) is 0.640. The Hall–Kier alpha value is -2.41. The van der Waals surface area contributed by atoms with Crippen molar-refractivity contribution < 1.29 is 9.59 Å². The van der Waals surface area contributed by atoms with Crippen molar-refractivity contribution in [2.24, 2.45) is 22.7 Å². The molecule has 0 unspecified atom stereocenters. The fourth-order valence-corrected chi connectivity index (χ4v) is 5.38. The molecule has 32 heavy (non-hydrogen) atoms. The molecule has 2 saturated heterocycles. The number of benzene rings is 1. The van der Waals surface area contributed by atoms with E-state index in [2.05, 4.69) is 46.7 Å². The van der Waals surface area contributed by atoms with Crippen LogP contribution in [0.1, 0.15) is 39.7 Å². The molecule has 2 fully saturated rings. The van der Waals surface area contributed by atoms with Crippen LogP contribution >= 0.6 is 0 Å². The van der Waals surface area contributed by atoms with Crippen molar-refractivity contribution in [1.82, 2.24) is 20.4 Å². The van der Waals surface area contributed by atoms with Gasteiger partial charge in [0.2, 0.25) is 11.8 Å². The summed E-state index contributed by atoms with van der Waals surface area (Å²) in [5.41, 5.74) is 0.830. The summed E-state index contributed by atoms with van der Waals surface area (Å²) in [6.07, 6.45) is 2.01. The van der Waals surface area contributed by atoms with E-state index in [0.717, 1.165) is 31.8 Å². The third-order valence-corrected chi connectivity index (χ3v) is 7.49. The predicted molar refractivity (Wildman–Crippen MR) is 126 cm³/mol. The van der Waals surface area contributed by atoms with Crippen LogP contribution in [0.15, 0.2) is 35.3 Å². The SMILES string of the molecule is CN[C@@H](C)C(=O)N[C@H](C(=O)N1C[C@@H](C)[C@@H]2CCN(CCc3ccccc3)C3=N[C@]321)C(C)C. The summed E-state index contributed by atoms with van der Waals surface area (Å²) in [5, 5.41) is 5.94. The number of likely N-dealkylation sites (tertiary alicyclic amines) is 2. The number of piperidine rings is 1. The van der Waals surface area contributed by atoms with E-state index in [1.54, 1.807) is 14.0 Å². The summed E-state index contributed by atoms with van der Waals surface area (Å²) in [6.45, 7) is 10.6. The van der Waals surface area contributed by atoms with Gasteiger partial charge in [-0.1, -0.05) is 51.1 Å². The van der Waals surface area contributed by atoms with Crippen LogP contribution in [0, 0.1) is 17.8 Å². The number of nitrogens with zero attached hydrogens (tertiary/aromatic N) is 3. The number of likely N-dealkylation sites (N-methyl/N-ethyl adjacent to an activating group) is 1. The first-order valence-electron chi connectivity index (χ1n) is 12.0. The molecular weight excluding hydrogens is 402 g/mol. The third-order valence-electron chi connectivity index (χ3n) is 7.49. The smallest absolute Gasteiger partial charge is 0.247 e. The number of hydrogen-bond acceptors (Lipinski definition) is 5. The minimum Gasteiger partial charge on any atom is -0.356 e. The minimum absolute atomic E-state index is 0.00114. The average molecular weight is 440 g/mol. The Kier molecular flexibility index (Phi) is 6.30. The summed E-state index contributed by atoms with van der Waals surface area (Å²) in [5.74, 6) is 1.69. The maximum atomic E-state index is 13.8. The molecule has 3 aliphatic heterocycles. The van der Waals surface area contributed by atoms with E-state index >= 15 is 0 Å². The minimum atomic E-state index is -0.546. The highest BCUT2D eigenvalue weighted by atomic mass is 16.2. The van der Waals surface area contributed by atoms with Crippen molar-refractivity contribution in [3.05, 3.63) is 35.9 Å². The van der Waals surface area contributed by atoms with Crippen LogP contribution in [0.5, 0.6) is 0 Å². The molecule has 0 saturated carbocycles. The first-order valence-corrected chi connectivity index (χ1v) is 12.0. The first kappa shape index (κ1) is 22.8. The fourth-order valence-electron chi connectivity index (χ4n) is 5.38. The molecule has 2 amide bonds. The summed E-state index contributed by atoms with van der Waals surface area (Å²) in [4.78, 5) is 35.6. The normalized spacial score (nSPS) is 28.0. The van der Waals surface area contributed by atoms with E-state index in [9.17, 15) is 9.59 Å². The number of aliphatic imine (C=N–C) groups is 1. The molecular formula is C25H37N5O2. The van der Waals surface area contributed by atoms with E-state index in [1.807, 2.05) is 24.8 Å². The number of carbonyl (C=O) groups is 2. The molecule has 2 N–H and O–H groups in total. The lowest BCUT2D eigenvalue weighted by Gasteiger charge is -2.38. The van der Waals surface area contributed by atoms with Gasteiger partial charge in [0.25, 0.3) is 0 Å². The summed E-state index contributed by atoms with van der Waals surface area (Å²) < 4.78 is 0. The molecule has 4 rings (SSSR count). The van der Waals surface area contributed by atoms with Gasteiger partial charge in [-0.25, -0.2) is 4.99 Å². The van der Waals surface area contributed by atoms with Gasteiger partial charge in [0.1, 0.15) is 6.04 Å². The standard InChI is InChI=1S/C25H37N5O2/c1-16(2)21(27-22(31)18(4)26-5)23(32)30-15-17(3)20-12-14-29(24-25(20,30)28-24)13-11-19-9-7-6-8-10-19/h6-10,16-18,20-21,26H,11-15H2,1-5H3,(H,27,31)/t17-,18+,20+,21+,25-/m1/s1. The predicted octanol–water partition coefficient (Wildman–Crippen LogP) is 1.89. The zero-order valence-electron chi connectivity index (χ0n) is 20.0. The lowest BCUT2D eigenvalue weighted by molar-refractivity contribution is -0.139. The number of carbonyl (C=O) groups excluding carboxylic acids is 2. The first-order chi connectivity index (χ1) is 15.3. The lowest BCUT2D eigenvalue weighted by Crippen LogP contribution is -2.59. The van der Waals surface area contributed by atoms with Crippen molar-refractivity contribution >= 4 is 17.6 Å². The van der Waals surface area contributed by atoms with Gasteiger partial charge in [0.05, 0.1) is 6.04 Å². The monoisotopic (exact) mass is 439 g/mol. The van der Waals surface area contributed by atoms with Crippen molar-refractivity contribution in [2.45, 2.75) is 58.3 Å². The molecule has 7 nitrogen and oxygen atoms in total. The van der Waals surface area contributed by atoms with E-state index < -0.39 is 11.7 Å². The largest absolute Gasteiger partial charge is 0.356 e. The highest BCUT2D eigenvalue weighted by Gasteiger charge is 2.68. The van der Waals surface area contributed by atoms with Gasteiger partial charge in [-0.05, 0) is 44.2 Å². The quantitative estimate of drug-likeness (QED) is 0.649. The Labute approximate surface area is 191 Å². The molecule has 174 valence electrons. The molecule has 0 radical (unpaired) electrons. The number of amides is 2. The molecule has 0 aliphatic carbocycles. The Balaban J connectivity index is 1.49. The Morgan fingerprint density at radius 1 is 1.22 bits per heavy atom. The highest BCUT2D eigenvalue weighted by molar-refractivity contribution is 6.08. The van der Waals surface area contributed by atoms with Crippen LogP contribution in [-0.4, -0.2) is 71.9 Å². The van der Waals surface area contributed by atoms with Gasteiger partial charge >= 0.3 is 0 Å². The zero-order chi connectivity index (χ0) is 23.0. The van der Waals surface area contributed by atoms with E-state index in [4.69, 9.17) is 4.99 Å². The summed E-state index contributed by atoms with van der Waals surface area (Å²) in [6, 6.07) is 9.62. The van der Waals surface area contributed by atoms with Gasteiger partial charge < -0.3 is 20.4 Å². The van der Waals surface area contributed by atoms with Gasteiger partial charge in [-0.2, -0.15) is 0 Å².